The fraction of sp³-hybridized carbons (Fsp3) is 0.286. The Morgan fingerprint density at radius 2 is 2.00 bits per heavy atom. The normalized spacial score (nSPS) is 11.5. The molecule has 0 bridgehead atoms. The second-order valence-electron chi connectivity index (χ2n) is 4.12. The van der Waals surface area contributed by atoms with Gasteiger partial charge in [0.2, 0.25) is 0 Å². The molecule has 4 heteroatoms. The van der Waals surface area contributed by atoms with E-state index in [0.717, 1.165) is 0 Å². The predicted molar refractivity (Wildman–Crippen MR) is 66.3 cm³/mol. The van der Waals surface area contributed by atoms with Crippen LogP contribution in [0.4, 0.5) is 4.39 Å². The predicted octanol–water partition coefficient (Wildman–Crippen LogP) is 2.75. The zero-order chi connectivity index (χ0) is 13.7. The fourth-order valence-electron chi connectivity index (χ4n) is 1.34. The minimum Gasteiger partial charge on any atom is -0.459 e. The van der Waals surface area contributed by atoms with Gasteiger partial charge in [0.25, 0.3) is 0 Å². The number of rotatable bonds is 4. The number of ketones is 1. The summed E-state index contributed by atoms with van der Waals surface area (Å²) in [6.45, 7) is 4.66. The Labute approximate surface area is 105 Å². The molecule has 0 atom stereocenters. The molecule has 0 unspecified atom stereocenters. The molecule has 0 aromatic heterocycles. The number of hydrogen-bond donors (Lipinski definition) is 0. The summed E-state index contributed by atoms with van der Waals surface area (Å²) in [5, 5.41) is 0. The van der Waals surface area contributed by atoms with Gasteiger partial charge in [0, 0.05) is 0 Å². The molecule has 0 aliphatic rings. The molecule has 96 valence electrons. The van der Waals surface area contributed by atoms with E-state index >= 15 is 0 Å². The highest BCUT2D eigenvalue weighted by molar-refractivity contribution is 6.19. The summed E-state index contributed by atoms with van der Waals surface area (Å²) in [6.07, 6.45) is 1.02. The van der Waals surface area contributed by atoms with Crippen molar-refractivity contribution >= 4 is 17.8 Å². The van der Waals surface area contributed by atoms with E-state index in [1.165, 1.54) is 31.2 Å². The van der Waals surface area contributed by atoms with E-state index < -0.39 is 17.6 Å². The van der Waals surface area contributed by atoms with Gasteiger partial charge in [-0.05, 0) is 44.5 Å². The summed E-state index contributed by atoms with van der Waals surface area (Å²) >= 11 is 0. The highest BCUT2D eigenvalue weighted by Gasteiger charge is 2.17. The molecule has 1 rings (SSSR count). The first-order valence-electron chi connectivity index (χ1n) is 5.59. The molecule has 0 saturated heterocycles. The van der Waals surface area contributed by atoms with Crippen LogP contribution in [0.5, 0.6) is 0 Å². The zero-order valence-corrected chi connectivity index (χ0v) is 10.6. The lowest BCUT2D eigenvalue weighted by atomic mass is 10.1. The third-order valence-corrected chi connectivity index (χ3v) is 2.10. The number of carbonyl (C=O) groups is 2. The summed E-state index contributed by atoms with van der Waals surface area (Å²) in [5.41, 5.74) is 0.357. The first-order valence-corrected chi connectivity index (χ1v) is 5.59. The Morgan fingerprint density at radius 3 is 2.50 bits per heavy atom. The smallest absolute Gasteiger partial charge is 0.342 e. The minimum absolute atomic E-state index is 0.0886. The van der Waals surface area contributed by atoms with Crippen LogP contribution in [0, 0.1) is 5.82 Å². The van der Waals surface area contributed by atoms with Crippen LogP contribution in [0.15, 0.2) is 29.8 Å². The fourth-order valence-corrected chi connectivity index (χ4v) is 1.34. The van der Waals surface area contributed by atoms with Gasteiger partial charge in [0.15, 0.2) is 5.78 Å². The van der Waals surface area contributed by atoms with E-state index in [0.29, 0.717) is 5.56 Å². The van der Waals surface area contributed by atoms with Gasteiger partial charge < -0.3 is 4.74 Å². The molecule has 0 radical (unpaired) electrons. The Balaban J connectivity index is 3.05. The summed E-state index contributed by atoms with van der Waals surface area (Å²) < 4.78 is 18.0. The van der Waals surface area contributed by atoms with Crippen molar-refractivity contribution in [2.75, 3.05) is 0 Å². The average molecular weight is 250 g/mol. The van der Waals surface area contributed by atoms with Gasteiger partial charge >= 0.3 is 5.97 Å². The molecule has 3 nitrogen and oxygen atoms in total. The number of carbonyl (C=O) groups excluding carboxylic acids is 2. The lowest BCUT2D eigenvalue weighted by Crippen LogP contribution is -2.17. The minimum atomic E-state index is -0.693. The van der Waals surface area contributed by atoms with E-state index in [4.69, 9.17) is 4.74 Å². The molecule has 0 fully saturated rings. The van der Waals surface area contributed by atoms with E-state index in [1.54, 1.807) is 19.9 Å². The Morgan fingerprint density at radius 1 is 1.33 bits per heavy atom. The van der Waals surface area contributed by atoms with Crippen LogP contribution in [-0.2, 0) is 14.3 Å². The summed E-state index contributed by atoms with van der Waals surface area (Å²) in [5.74, 6) is -1.53. The number of Topliss-reactive ketones (excluding diaryl/α,β-unsaturated/α-hetero) is 1. The van der Waals surface area contributed by atoms with Gasteiger partial charge in [-0.2, -0.15) is 0 Å². The molecule has 1 aromatic rings. The Kier molecular flexibility index (Phi) is 4.77. The van der Waals surface area contributed by atoms with Crippen molar-refractivity contribution in [1.29, 1.82) is 0 Å². The molecule has 0 amide bonds. The second-order valence-corrected chi connectivity index (χ2v) is 4.12. The van der Waals surface area contributed by atoms with Crippen LogP contribution < -0.4 is 0 Å². The molecule has 0 spiro atoms. The Bertz CT molecular complexity index is 490. The highest BCUT2D eigenvalue weighted by Crippen LogP contribution is 2.12. The van der Waals surface area contributed by atoms with Gasteiger partial charge in [-0.3, -0.25) is 4.79 Å². The monoisotopic (exact) mass is 250 g/mol. The van der Waals surface area contributed by atoms with Crippen molar-refractivity contribution in [2.45, 2.75) is 26.9 Å². The van der Waals surface area contributed by atoms with E-state index in [2.05, 4.69) is 0 Å². The lowest BCUT2D eigenvalue weighted by Gasteiger charge is -2.08. The van der Waals surface area contributed by atoms with Gasteiger partial charge in [-0.1, -0.05) is 12.1 Å². The van der Waals surface area contributed by atoms with E-state index in [-0.39, 0.29) is 11.7 Å². The number of hydrogen-bond acceptors (Lipinski definition) is 3. The van der Waals surface area contributed by atoms with Gasteiger partial charge in [0.05, 0.1) is 6.10 Å². The maximum atomic E-state index is 13.0. The van der Waals surface area contributed by atoms with E-state index in [1.807, 2.05) is 0 Å². The molecule has 0 saturated carbocycles. The lowest BCUT2D eigenvalue weighted by molar-refractivity contribution is -0.143. The maximum Gasteiger partial charge on any atom is 0.342 e. The average Bonchev–Trinajstić information content (AvgIpc) is 2.24. The molecule has 0 heterocycles. The molecule has 0 aliphatic heterocycles. The van der Waals surface area contributed by atoms with Crippen LogP contribution >= 0.6 is 0 Å². The molecule has 1 aromatic carbocycles. The third-order valence-electron chi connectivity index (χ3n) is 2.10. The van der Waals surface area contributed by atoms with Crippen molar-refractivity contribution in [1.82, 2.24) is 0 Å². The van der Waals surface area contributed by atoms with Crippen molar-refractivity contribution < 1.29 is 18.7 Å². The van der Waals surface area contributed by atoms with Crippen LogP contribution in [0.2, 0.25) is 0 Å². The first kappa shape index (κ1) is 14.1. The number of benzene rings is 1. The van der Waals surface area contributed by atoms with Crippen LogP contribution in [0.25, 0.3) is 6.08 Å². The molecule has 18 heavy (non-hydrogen) atoms. The number of esters is 1. The summed E-state index contributed by atoms with van der Waals surface area (Å²) in [6, 6.07) is 5.64. The third kappa shape index (κ3) is 4.13. The molecule has 0 aliphatic carbocycles. The van der Waals surface area contributed by atoms with Crippen LogP contribution in [0.3, 0.4) is 0 Å². The molecular weight excluding hydrogens is 235 g/mol. The second kappa shape index (κ2) is 6.10. The highest BCUT2D eigenvalue weighted by atomic mass is 19.1. The SMILES string of the molecule is CC(=O)/C(=C\c1cccc(F)c1)C(=O)OC(C)C. The van der Waals surface area contributed by atoms with E-state index in [9.17, 15) is 14.0 Å². The number of ether oxygens (including phenoxy) is 1. The van der Waals surface area contributed by atoms with Crippen molar-refractivity contribution in [3.8, 4) is 0 Å². The summed E-state index contributed by atoms with van der Waals surface area (Å²) in [7, 11) is 0. The zero-order valence-electron chi connectivity index (χ0n) is 10.6. The standard InChI is InChI=1S/C14H15FO3/c1-9(2)18-14(17)13(10(3)16)8-11-5-4-6-12(15)7-11/h4-9H,1-3H3/b13-8+. The number of halogens is 1. The topological polar surface area (TPSA) is 43.4 Å². The first-order chi connectivity index (χ1) is 8.40. The van der Waals surface area contributed by atoms with Crippen molar-refractivity contribution in [2.24, 2.45) is 0 Å². The van der Waals surface area contributed by atoms with Gasteiger partial charge in [0.1, 0.15) is 11.4 Å². The van der Waals surface area contributed by atoms with Crippen molar-refractivity contribution in [3.05, 3.63) is 41.2 Å². The summed E-state index contributed by atoms with van der Waals surface area (Å²) in [4.78, 5) is 23.1. The van der Waals surface area contributed by atoms with Gasteiger partial charge in [-0.25, -0.2) is 9.18 Å². The largest absolute Gasteiger partial charge is 0.459 e. The van der Waals surface area contributed by atoms with Crippen molar-refractivity contribution in [3.63, 3.8) is 0 Å². The van der Waals surface area contributed by atoms with Crippen LogP contribution in [-0.4, -0.2) is 17.9 Å². The molecular formula is C14H15FO3. The molecule has 0 N–H and O–H groups in total. The maximum absolute atomic E-state index is 13.0. The van der Waals surface area contributed by atoms with Crippen LogP contribution in [0.1, 0.15) is 26.3 Å². The van der Waals surface area contributed by atoms with Gasteiger partial charge in [-0.15, -0.1) is 0 Å². The quantitative estimate of drug-likeness (QED) is 0.357. The Hall–Kier alpha value is -1.97.